The van der Waals surface area contributed by atoms with Crippen LogP contribution in [0.4, 0.5) is 19.1 Å². The Morgan fingerprint density at radius 3 is 2.56 bits per heavy atom. The van der Waals surface area contributed by atoms with Gasteiger partial charge in [-0.25, -0.2) is 0 Å². The molecule has 5 nitrogen and oxygen atoms in total. The SMILES string of the molecule is C[C@H]1CCCN1c1n[c-]cc(C(F)(F)F)n1.[CH2-][C@H]1[C@@H](CC)[C@@H]1CS(=O)[O-].[Li+]. The van der Waals surface area contributed by atoms with Crippen molar-refractivity contribution in [3.8, 4) is 0 Å². The topological polar surface area (TPSA) is 69.2 Å². The van der Waals surface area contributed by atoms with E-state index in [4.69, 9.17) is 0 Å². The summed E-state index contributed by atoms with van der Waals surface area (Å²) in [7, 11) is 0. The molecule has 0 spiro atoms. The molecule has 1 aromatic rings. The minimum absolute atomic E-state index is 0. The van der Waals surface area contributed by atoms with E-state index in [1.165, 1.54) is 0 Å². The number of anilines is 1. The maximum absolute atomic E-state index is 12.4. The van der Waals surface area contributed by atoms with Crippen molar-refractivity contribution in [1.29, 1.82) is 0 Å². The third kappa shape index (κ3) is 6.74. The maximum atomic E-state index is 12.4. The molecule has 10 heteroatoms. The van der Waals surface area contributed by atoms with Crippen LogP contribution in [0.25, 0.3) is 0 Å². The summed E-state index contributed by atoms with van der Waals surface area (Å²) in [6.45, 7) is 8.60. The maximum Gasteiger partial charge on any atom is 1.00 e. The molecule has 1 unspecified atom stereocenters. The van der Waals surface area contributed by atoms with Crippen molar-refractivity contribution in [2.75, 3.05) is 17.2 Å². The summed E-state index contributed by atoms with van der Waals surface area (Å²) < 4.78 is 57.7. The Bertz CT molecular complexity index is 636. The van der Waals surface area contributed by atoms with E-state index in [2.05, 4.69) is 30.0 Å². The fourth-order valence-electron chi connectivity index (χ4n) is 3.35. The molecule has 2 fully saturated rings. The number of alkyl halides is 3. The Morgan fingerprint density at radius 2 is 2.11 bits per heavy atom. The van der Waals surface area contributed by atoms with E-state index >= 15 is 0 Å². The summed E-state index contributed by atoms with van der Waals surface area (Å²) in [5.74, 6) is 1.75. The first kappa shape index (κ1) is 24.4. The Labute approximate surface area is 173 Å². The zero-order valence-electron chi connectivity index (χ0n) is 15.8. The Balaban J connectivity index is 0.000000288. The predicted octanol–water partition coefficient (Wildman–Crippen LogP) is 0.260. The van der Waals surface area contributed by atoms with Gasteiger partial charge in [0.1, 0.15) is 5.95 Å². The minimum Gasteiger partial charge on any atom is -0.772 e. The van der Waals surface area contributed by atoms with Crippen molar-refractivity contribution in [2.45, 2.75) is 45.3 Å². The van der Waals surface area contributed by atoms with Crippen molar-refractivity contribution in [3.05, 3.63) is 24.9 Å². The number of nitrogens with zero attached hydrogens (tertiary/aromatic N) is 3. The first-order chi connectivity index (χ1) is 12.1. The van der Waals surface area contributed by atoms with Gasteiger partial charge in [-0.2, -0.15) is 19.1 Å². The van der Waals surface area contributed by atoms with Gasteiger partial charge in [-0.15, -0.1) is 6.07 Å². The molecule has 0 N–H and O–H groups in total. The Kier molecular flexibility index (Phi) is 9.26. The monoisotopic (exact) mass is 397 g/mol. The number of halogens is 3. The van der Waals surface area contributed by atoms with E-state index in [-0.39, 0.29) is 30.9 Å². The summed E-state index contributed by atoms with van der Waals surface area (Å²) in [5.41, 5.74) is -0.934. The summed E-state index contributed by atoms with van der Waals surface area (Å²) >= 11 is -1.87. The second-order valence-electron chi connectivity index (χ2n) is 6.73. The molecule has 0 amide bonds. The van der Waals surface area contributed by atoms with E-state index in [0.29, 0.717) is 30.1 Å². The molecule has 1 aliphatic carbocycles. The second kappa shape index (κ2) is 10.2. The molecule has 3 rings (SSSR count). The van der Waals surface area contributed by atoms with E-state index in [9.17, 15) is 21.9 Å². The first-order valence-corrected chi connectivity index (χ1v) is 9.87. The molecule has 1 saturated heterocycles. The van der Waals surface area contributed by atoms with E-state index < -0.39 is 23.0 Å². The van der Waals surface area contributed by atoms with E-state index in [0.717, 1.165) is 25.3 Å². The van der Waals surface area contributed by atoms with Crippen LogP contribution in [0.2, 0.25) is 0 Å². The molecular formula is C17H23F3LiN3O2S-2. The van der Waals surface area contributed by atoms with Crippen LogP contribution in [-0.2, 0) is 17.3 Å². The fourth-order valence-corrected chi connectivity index (χ4v) is 4.16. The number of aromatic nitrogens is 2. The normalized spacial score (nSPS) is 28.0. The summed E-state index contributed by atoms with van der Waals surface area (Å²) in [4.78, 5) is 9.09. The molecule has 0 bridgehead atoms. The van der Waals surface area contributed by atoms with Gasteiger partial charge in [0, 0.05) is 24.0 Å². The zero-order chi connectivity index (χ0) is 19.5. The van der Waals surface area contributed by atoms with Crippen LogP contribution in [-0.4, -0.2) is 37.1 Å². The van der Waals surface area contributed by atoms with Gasteiger partial charge in [0.05, 0.1) is 0 Å². The van der Waals surface area contributed by atoms with Crippen LogP contribution >= 0.6 is 0 Å². The Hall–Kier alpha value is -0.623. The van der Waals surface area contributed by atoms with E-state index in [1.54, 1.807) is 4.90 Å². The van der Waals surface area contributed by atoms with Gasteiger partial charge >= 0.3 is 25.0 Å². The summed E-state index contributed by atoms with van der Waals surface area (Å²) in [6, 6.07) is 0.960. The van der Waals surface area contributed by atoms with Gasteiger partial charge in [0.25, 0.3) is 0 Å². The molecule has 148 valence electrons. The van der Waals surface area contributed by atoms with Crippen molar-refractivity contribution >= 4 is 17.0 Å². The van der Waals surface area contributed by atoms with E-state index in [1.807, 2.05) is 6.92 Å². The molecule has 5 atom stereocenters. The largest absolute Gasteiger partial charge is 1.00 e. The quantitative estimate of drug-likeness (QED) is 0.414. The first-order valence-electron chi connectivity index (χ1n) is 8.63. The average Bonchev–Trinajstić information content (AvgIpc) is 2.97. The van der Waals surface area contributed by atoms with Crippen molar-refractivity contribution < 1.29 is 40.8 Å². The van der Waals surface area contributed by atoms with Crippen molar-refractivity contribution in [3.63, 3.8) is 0 Å². The molecular weight excluding hydrogens is 374 g/mol. The van der Waals surface area contributed by atoms with Crippen LogP contribution in [0.15, 0.2) is 6.07 Å². The standard InChI is InChI=1S/C10H11F3N3.C7H13O2S.Li/c1-7-3-2-6-16(7)9-14-5-4-8(15-9)10(11,12)13;1-3-6-5(2)7(6)4-10(8)9;/h4,7H,2-3,6H2,1H3;5-7H,2-4H2,1H3,(H,8,9);/q2*-1;+1/p-1/t7-;5-,6+,7+;/m00./s1. The van der Waals surface area contributed by atoms with Crippen molar-refractivity contribution in [1.82, 2.24) is 9.97 Å². The number of hydrogen-bond acceptors (Lipinski definition) is 5. The molecule has 1 saturated carbocycles. The van der Waals surface area contributed by atoms with Gasteiger partial charge in [-0.1, -0.05) is 42.5 Å². The van der Waals surface area contributed by atoms with Gasteiger partial charge in [0.2, 0.25) is 0 Å². The molecule has 2 heterocycles. The molecule has 27 heavy (non-hydrogen) atoms. The number of hydrogen-bond donors (Lipinski definition) is 0. The molecule has 0 aromatic carbocycles. The summed E-state index contributed by atoms with van der Waals surface area (Å²) in [5, 5.41) is 0. The molecule has 1 aromatic heterocycles. The van der Waals surface area contributed by atoms with Crippen LogP contribution < -0.4 is 23.8 Å². The van der Waals surface area contributed by atoms with Crippen molar-refractivity contribution in [2.24, 2.45) is 17.8 Å². The van der Waals surface area contributed by atoms with Gasteiger partial charge in [-0.05, 0) is 19.8 Å². The zero-order valence-corrected chi connectivity index (χ0v) is 16.6. The average molecular weight is 397 g/mol. The van der Waals surface area contributed by atoms with Gasteiger partial charge in [0.15, 0.2) is 0 Å². The number of rotatable bonds is 4. The second-order valence-corrected chi connectivity index (χ2v) is 7.68. The molecule has 2 aliphatic rings. The minimum atomic E-state index is -4.43. The van der Waals surface area contributed by atoms with Crippen LogP contribution in [0.1, 0.15) is 38.8 Å². The van der Waals surface area contributed by atoms with Crippen LogP contribution in [0, 0.1) is 30.9 Å². The molecule has 0 radical (unpaired) electrons. The third-order valence-electron chi connectivity index (χ3n) is 5.00. The predicted molar refractivity (Wildman–Crippen MR) is 91.8 cm³/mol. The fraction of sp³-hybridized carbons (Fsp3) is 0.706. The molecule has 1 aliphatic heterocycles. The van der Waals surface area contributed by atoms with Crippen LogP contribution in [0.3, 0.4) is 0 Å². The van der Waals surface area contributed by atoms with Gasteiger partial charge < -0.3 is 26.3 Å². The summed E-state index contributed by atoms with van der Waals surface area (Å²) in [6.07, 6.45) is 0.809. The van der Waals surface area contributed by atoms with Crippen LogP contribution in [0.5, 0.6) is 0 Å². The third-order valence-corrected chi connectivity index (χ3v) is 5.65. The Morgan fingerprint density at radius 1 is 1.44 bits per heavy atom. The smallest absolute Gasteiger partial charge is 0.772 e. The van der Waals surface area contributed by atoms with Gasteiger partial charge in [-0.3, -0.25) is 4.21 Å².